The normalized spacial score (nSPS) is 17.9. The van der Waals surface area contributed by atoms with E-state index >= 15 is 0 Å². The van der Waals surface area contributed by atoms with Gasteiger partial charge in [0.05, 0.1) is 6.07 Å². The van der Waals surface area contributed by atoms with Gasteiger partial charge in [0.2, 0.25) is 0 Å². The summed E-state index contributed by atoms with van der Waals surface area (Å²) in [7, 11) is 0. The van der Waals surface area contributed by atoms with E-state index in [0.717, 1.165) is 18.7 Å². The van der Waals surface area contributed by atoms with Crippen LogP contribution >= 0.6 is 0 Å². The summed E-state index contributed by atoms with van der Waals surface area (Å²) in [6.07, 6.45) is 5.29. The van der Waals surface area contributed by atoms with Crippen LogP contribution in [0.3, 0.4) is 0 Å². The Labute approximate surface area is 119 Å². The molecule has 0 bridgehead atoms. The van der Waals surface area contributed by atoms with Crippen LogP contribution in [0.5, 0.6) is 0 Å². The van der Waals surface area contributed by atoms with Crippen LogP contribution in [0.4, 0.5) is 0 Å². The molecule has 1 saturated carbocycles. The van der Waals surface area contributed by atoms with Crippen molar-refractivity contribution in [2.45, 2.75) is 57.5 Å². The van der Waals surface area contributed by atoms with E-state index in [1.165, 1.54) is 0 Å². The highest BCUT2D eigenvalue weighted by atomic mass is 16.6. The van der Waals surface area contributed by atoms with Crippen LogP contribution < -0.4 is 0 Å². The molecule has 0 saturated heterocycles. The first-order chi connectivity index (χ1) is 9.25. The molecule has 0 amide bonds. The molecule has 2 rings (SSSR count). The van der Waals surface area contributed by atoms with Crippen LogP contribution in [-0.4, -0.2) is 21.5 Å². The topological polar surface area (TPSA) is 75.9 Å². The van der Waals surface area contributed by atoms with Crippen molar-refractivity contribution in [2.75, 3.05) is 0 Å². The Kier molecular flexibility index (Phi) is 3.51. The third-order valence-electron chi connectivity index (χ3n) is 3.32. The van der Waals surface area contributed by atoms with E-state index in [1.54, 1.807) is 33.2 Å². The Morgan fingerprint density at radius 1 is 1.40 bits per heavy atom. The third-order valence-corrected chi connectivity index (χ3v) is 3.32. The molecular weight excluding hydrogens is 254 g/mol. The number of hydrogen-bond donors (Lipinski definition) is 0. The van der Waals surface area contributed by atoms with Crippen molar-refractivity contribution in [3.8, 4) is 6.07 Å². The molecule has 0 radical (unpaired) electrons. The Morgan fingerprint density at radius 2 is 1.95 bits per heavy atom. The molecular formula is C15H19N3O2. The zero-order valence-corrected chi connectivity index (χ0v) is 12.3. The molecule has 106 valence electrons. The summed E-state index contributed by atoms with van der Waals surface area (Å²) in [5, 5.41) is 9.18. The predicted molar refractivity (Wildman–Crippen MR) is 72.8 cm³/mol. The van der Waals surface area contributed by atoms with Crippen LogP contribution in [0.2, 0.25) is 0 Å². The van der Waals surface area contributed by atoms with Crippen LogP contribution in [-0.2, 0) is 14.9 Å². The fourth-order valence-corrected chi connectivity index (χ4v) is 1.83. The minimum Gasteiger partial charge on any atom is -0.459 e. The van der Waals surface area contributed by atoms with Crippen molar-refractivity contribution in [1.29, 1.82) is 5.26 Å². The maximum Gasteiger partial charge on any atom is 0.328 e. The van der Waals surface area contributed by atoms with Gasteiger partial charge in [0.25, 0.3) is 0 Å². The van der Waals surface area contributed by atoms with Crippen molar-refractivity contribution in [1.82, 2.24) is 9.97 Å². The second-order valence-electron chi connectivity index (χ2n) is 6.50. The SMILES string of the molecule is CC(C)(C)OC(=O)C(C#N)c1cnc(C2(C)CC2)nc1. The Hall–Kier alpha value is -1.96. The van der Waals surface area contributed by atoms with Gasteiger partial charge in [-0.15, -0.1) is 0 Å². The molecule has 0 aliphatic heterocycles. The number of rotatable bonds is 3. The van der Waals surface area contributed by atoms with Gasteiger partial charge in [0.1, 0.15) is 11.4 Å². The Bertz CT molecular complexity index is 548. The minimum absolute atomic E-state index is 0.0760. The summed E-state index contributed by atoms with van der Waals surface area (Å²) in [4.78, 5) is 20.6. The van der Waals surface area contributed by atoms with Gasteiger partial charge in [-0.3, -0.25) is 4.79 Å². The van der Waals surface area contributed by atoms with E-state index in [4.69, 9.17) is 4.74 Å². The lowest BCUT2D eigenvalue weighted by atomic mass is 10.0. The zero-order chi connectivity index (χ0) is 15.0. The van der Waals surface area contributed by atoms with Crippen molar-refractivity contribution >= 4 is 5.97 Å². The van der Waals surface area contributed by atoms with E-state index in [9.17, 15) is 10.1 Å². The standard InChI is InChI=1S/C15H19N3O2/c1-14(2,3)20-12(19)11(7-16)10-8-17-13(18-9-10)15(4)5-6-15/h8-9,11H,5-6H2,1-4H3. The molecule has 1 fully saturated rings. The van der Waals surface area contributed by atoms with Gasteiger partial charge in [-0.25, -0.2) is 9.97 Å². The van der Waals surface area contributed by atoms with Gasteiger partial charge in [-0.2, -0.15) is 5.26 Å². The predicted octanol–water partition coefficient (Wildman–Crippen LogP) is 2.48. The van der Waals surface area contributed by atoms with Crippen molar-refractivity contribution in [3.63, 3.8) is 0 Å². The van der Waals surface area contributed by atoms with E-state index < -0.39 is 17.5 Å². The van der Waals surface area contributed by atoms with Crippen molar-refractivity contribution < 1.29 is 9.53 Å². The molecule has 1 aliphatic rings. The maximum absolute atomic E-state index is 12.0. The summed E-state index contributed by atoms with van der Waals surface area (Å²) in [6, 6.07) is 1.96. The van der Waals surface area contributed by atoms with Gasteiger partial charge in [-0.1, -0.05) is 6.92 Å². The molecule has 5 nitrogen and oxygen atoms in total. The highest BCUT2D eigenvalue weighted by Gasteiger charge is 2.42. The first-order valence-electron chi connectivity index (χ1n) is 6.70. The van der Waals surface area contributed by atoms with Crippen LogP contribution in [0.15, 0.2) is 12.4 Å². The summed E-state index contributed by atoms with van der Waals surface area (Å²) in [6.45, 7) is 7.42. The summed E-state index contributed by atoms with van der Waals surface area (Å²) >= 11 is 0. The number of esters is 1. The Balaban J connectivity index is 2.16. The highest BCUT2D eigenvalue weighted by molar-refractivity contribution is 5.81. The van der Waals surface area contributed by atoms with E-state index in [0.29, 0.717) is 5.56 Å². The molecule has 1 atom stereocenters. The number of aromatic nitrogens is 2. The molecule has 1 aliphatic carbocycles. The molecule has 1 heterocycles. The molecule has 1 aromatic rings. The number of hydrogen-bond acceptors (Lipinski definition) is 5. The number of carbonyl (C=O) groups is 1. The largest absolute Gasteiger partial charge is 0.459 e. The number of carbonyl (C=O) groups excluding carboxylic acids is 1. The molecule has 1 unspecified atom stereocenters. The first kappa shape index (κ1) is 14.4. The van der Waals surface area contributed by atoms with Crippen molar-refractivity contribution in [3.05, 3.63) is 23.8 Å². The third kappa shape index (κ3) is 3.13. The van der Waals surface area contributed by atoms with E-state index in [2.05, 4.69) is 16.9 Å². The molecule has 5 heteroatoms. The van der Waals surface area contributed by atoms with E-state index in [1.807, 2.05) is 6.07 Å². The number of nitriles is 1. The average molecular weight is 273 g/mol. The average Bonchev–Trinajstić information content (AvgIpc) is 3.08. The first-order valence-corrected chi connectivity index (χ1v) is 6.70. The lowest BCUT2D eigenvalue weighted by Crippen LogP contribution is -2.27. The highest BCUT2D eigenvalue weighted by Crippen LogP contribution is 2.45. The summed E-state index contributed by atoms with van der Waals surface area (Å²) < 4.78 is 5.24. The summed E-state index contributed by atoms with van der Waals surface area (Å²) in [5.41, 5.74) is -0.0594. The fraction of sp³-hybridized carbons (Fsp3) is 0.600. The molecule has 0 N–H and O–H groups in total. The second-order valence-corrected chi connectivity index (χ2v) is 6.50. The quantitative estimate of drug-likeness (QED) is 0.791. The molecule has 1 aromatic heterocycles. The van der Waals surface area contributed by atoms with Crippen LogP contribution in [0, 0.1) is 11.3 Å². The molecule has 20 heavy (non-hydrogen) atoms. The number of ether oxygens (including phenoxy) is 1. The van der Waals surface area contributed by atoms with Gasteiger partial charge < -0.3 is 4.74 Å². The minimum atomic E-state index is -0.977. The van der Waals surface area contributed by atoms with Gasteiger partial charge in [0.15, 0.2) is 5.92 Å². The van der Waals surface area contributed by atoms with Gasteiger partial charge >= 0.3 is 5.97 Å². The maximum atomic E-state index is 12.0. The summed E-state index contributed by atoms with van der Waals surface area (Å²) in [5.74, 6) is -0.758. The zero-order valence-electron chi connectivity index (χ0n) is 12.3. The lowest BCUT2D eigenvalue weighted by molar-refractivity contribution is -0.155. The fourth-order valence-electron chi connectivity index (χ4n) is 1.83. The van der Waals surface area contributed by atoms with Crippen LogP contribution in [0.1, 0.15) is 57.8 Å². The Morgan fingerprint density at radius 3 is 2.35 bits per heavy atom. The van der Waals surface area contributed by atoms with Gasteiger partial charge in [-0.05, 0) is 33.6 Å². The molecule has 0 aromatic carbocycles. The molecule has 0 spiro atoms. The lowest BCUT2D eigenvalue weighted by Gasteiger charge is -2.21. The van der Waals surface area contributed by atoms with Crippen molar-refractivity contribution in [2.24, 2.45) is 0 Å². The smallest absolute Gasteiger partial charge is 0.328 e. The second kappa shape index (κ2) is 4.86. The van der Waals surface area contributed by atoms with Gasteiger partial charge in [0, 0.05) is 23.4 Å². The number of nitrogens with zero attached hydrogens (tertiary/aromatic N) is 3. The van der Waals surface area contributed by atoms with E-state index in [-0.39, 0.29) is 5.41 Å². The monoisotopic (exact) mass is 273 g/mol. The van der Waals surface area contributed by atoms with Crippen LogP contribution in [0.25, 0.3) is 0 Å².